The maximum absolute atomic E-state index is 12.5. The van der Waals surface area contributed by atoms with Crippen LogP contribution in [0.25, 0.3) is 0 Å². The van der Waals surface area contributed by atoms with E-state index in [9.17, 15) is 9.59 Å². The zero-order valence-corrected chi connectivity index (χ0v) is 14.0. The van der Waals surface area contributed by atoms with E-state index in [2.05, 4.69) is 0 Å². The van der Waals surface area contributed by atoms with Crippen LogP contribution in [-0.2, 0) is 4.79 Å². The second kappa shape index (κ2) is 7.46. The van der Waals surface area contributed by atoms with Crippen molar-refractivity contribution in [1.29, 1.82) is 0 Å². The molecule has 1 fully saturated rings. The number of carbonyl (C=O) groups is 2. The lowest BCUT2D eigenvalue weighted by atomic mass is 10.0. The molecule has 2 N–H and O–H groups in total. The van der Waals surface area contributed by atoms with Crippen LogP contribution in [0.3, 0.4) is 0 Å². The number of amides is 2. The molecule has 2 rings (SSSR count). The van der Waals surface area contributed by atoms with Crippen LogP contribution in [0, 0.1) is 5.92 Å². The monoisotopic (exact) mass is 319 g/mol. The number of benzene rings is 1. The van der Waals surface area contributed by atoms with Gasteiger partial charge in [0.05, 0.1) is 13.0 Å². The molecule has 0 saturated carbocycles. The standard InChI is InChI=1S/C17H25N3O3/c1-12(13(2)18)16(21)19-7-9-20(10-8-19)17(22)14-5-4-6-15(11-14)23-3/h4-6,11-13H,7-10,18H2,1-3H3. The van der Waals surface area contributed by atoms with Gasteiger partial charge in [-0.2, -0.15) is 0 Å². The summed E-state index contributed by atoms with van der Waals surface area (Å²) < 4.78 is 5.15. The van der Waals surface area contributed by atoms with Gasteiger partial charge in [0, 0.05) is 37.8 Å². The number of nitrogens with two attached hydrogens (primary N) is 1. The van der Waals surface area contributed by atoms with Crippen LogP contribution in [0.4, 0.5) is 0 Å². The second-order valence-corrected chi connectivity index (χ2v) is 6.00. The Labute approximate surface area is 137 Å². The van der Waals surface area contributed by atoms with Crippen LogP contribution >= 0.6 is 0 Å². The molecule has 0 aromatic heterocycles. The highest BCUT2D eigenvalue weighted by atomic mass is 16.5. The second-order valence-electron chi connectivity index (χ2n) is 6.00. The summed E-state index contributed by atoms with van der Waals surface area (Å²) in [5, 5.41) is 0. The minimum Gasteiger partial charge on any atom is -0.497 e. The van der Waals surface area contributed by atoms with Gasteiger partial charge in [-0.15, -0.1) is 0 Å². The molecule has 1 aliphatic rings. The van der Waals surface area contributed by atoms with Gasteiger partial charge in [0.15, 0.2) is 0 Å². The lowest BCUT2D eigenvalue weighted by Crippen LogP contribution is -2.53. The molecule has 0 bridgehead atoms. The minimum absolute atomic E-state index is 0.0313. The molecule has 1 aliphatic heterocycles. The molecule has 2 amide bonds. The van der Waals surface area contributed by atoms with Crippen molar-refractivity contribution in [3.05, 3.63) is 29.8 Å². The quantitative estimate of drug-likeness (QED) is 0.897. The molecule has 0 spiro atoms. The fourth-order valence-electron chi connectivity index (χ4n) is 2.58. The van der Waals surface area contributed by atoms with Crippen molar-refractivity contribution in [2.75, 3.05) is 33.3 Å². The maximum Gasteiger partial charge on any atom is 0.254 e. The van der Waals surface area contributed by atoms with E-state index in [-0.39, 0.29) is 23.8 Å². The summed E-state index contributed by atoms with van der Waals surface area (Å²) in [6, 6.07) is 6.95. The van der Waals surface area contributed by atoms with Crippen molar-refractivity contribution >= 4 is 11.8 Å². The Morgan fingerprint density at radius 1 is 1.13 bits per heavy atom. The van der Waals surface area contributed by atoms with Gasteiger partial charge in [0.25, 0.3) is 5.91 Å². The average Bonchev–Trinajstić information content (AvgIpc) is 2.59. The molecule has 1 heterocycles. The predicted octanol–water partition coefficient (Wildman–Crippen LogP) is 0.963. The molecular weight excluding hydrogens is 294 g/mol. The Bertz CT molecular complexity index is 566. The Morgan fingerprint density at radius 3 is 2.30 bits per heavy atom. The van der Waals surface area contributed by atoms with Gasteiger partial charge in [0.1, 0.15) is 5.75 Å². The highest BCUT2D eigenvalue weighted by molar-refractivity contribution is 5.94. The van der Waals surface area contributed by atoms with E-state index in [1.54, 1.807) is 35.1 Å². The van der Waals surface area contributed by atoms with Gasteiger partial charge in [0.2, 0.25) is 5.91 Å². The summed E-state index contributed by atoms with van der Waals surface area (Å²) in [5.74, 6) is 0.496. The topological polar surface area (TPSA) is 75.9 Å². The van der Waals surface area contributed by atoms with E-state index < -0.39 is 0 Å². The Kier molecular flexibility index (Phi) is 5.60. The van der Waals surface area contributed by atoms with Crippen LogP contribution in [0.2, 0.25) is 0 Å². The van der Waals surface area contributed by atoms with E-state index in [1.807, 2.05) is 19.9 Å². The molecule has 6 heteroatoms. The van der Waals surface area contributed by atoms with E-state index in [0.29, 0.717) is 37.5 Å². The van der Waals surface area contributed by atoms with Crippen LogP contribution in [0.5, 0.6) is 5.75 Å². The van der Waals surface area contributed by atoms with Gasteiger partial charge < -0.3 is 20.3 Å². The number of hydrogen-bond donors (Lipinski definition) is 1. The smallest absolute Gasteiger partial charge is 0.254 e. The highest BCUT2D eigenvalue weighted by Gasteiger charge is 2.28. The lowest BCUT2D eigenvalue weighted by molar-refractivity contribution is -0.137. The lowest BCUT2D eigenvalue weighted by Gasteiger charge is -2.36. The molecule has 0 aliphatic carbocycles. The number of rotatable bonds is 4. The highest BCUT2D eigenvalue weighted by Crippen LogP contribution is 2.16. The van der Waals surface area contributed by atoms with Crippen molar-refractivity contribution < 1.29 is 14.3 Å². The van der Waals surface area contributed by atoms with Gasteiger partial charge >= 0.3 is 0 Å². The van der Waals surface area contributed by atoms with Crippen LogP contribution < -0.4 is 10.5 Å². The normalized spacial score (nSPS) is 17.6. The molecule has 126 valence electrons. The summed E-state index contributed by atoms with van der Waals surface area (Å²) in [6.07, 6.45) is 0. The number of carbonyl (C=O) groups excluding carboxylic acids is 2. The molecule has 0 radical (unpaired) electrons. The minimum atomic E-state index is -0.198. The summed E-state index contributed by atoms with van der Waals surface area (Å²) in [6.45, 7) is 5.85. The largest absolute Gasteiger partial charge is 0.497 e. The Balaban J connectivity index is 1.96. The van der Waals surface area contributed by atoms with Crippen LogP contribution in [0.15, 0.2) is 24.3 Å². The van der Waals surface area contributed by atoms with Gasteiger partial charge in [-0.3, -0.25) is 9.59 Å². The first-order valence-electron chi connectivity index (χ1n) is 7.91. The summed E-state index contributed by atoms with van der Waals surface area (Å²) in [4.78, 5) is 28.4. The van der Waals surface area contributed by atoms with Crippen LogP contribution in [-0.4, -0.2) is 60.9 Å². The van der Waals surface area contributed by atoms with Crippen LogP contribution in [0.1, 0.15) is 24.2 Å². The number of ether oxygens (including phenoxy) is 1. The first kappa shape index (κ1) is 17.3. The zero-order chi connectivity index (χ0) is 17.0. The predicted molar refractivity (Wildman–Crippen MR) is 88.3 cm³/mol. The third-order valence-electron chi connectivity index (χ3n) is 4.37. The summed E-state index contributed by atoms with van der Waals surface area (Å²) in [7, 11) is 1.58. The Morgan fingerprint density at radius 2 is 1.74 bits per heavy atom. The number of nitrogens with zero attached hydrogens (tertiary/aromatic N) is 2. The summed E-state index contributed by atoms with van der Waals surface area (Å²) in [5.41, 5.74) is 6.40. The molecule has 1 saturated heterocycles. The molecule has 6 nitrogen and oxygen atoms in total. The van der Waals surface area contributed by atoms with E-state index in [1.165, 1.54) is 0 Å². The van der Waals surface area contributed by atoms with Crippen molar-refractivity contribution in [3.63, 3.8) is 0 Å². The molecule has 2 unspecified atom stereocenters. The van der Waals surface area contributed by atoms with Gasteiger partial charge in [-0.25, -0.2) is 0 Å². The third-order valence-corrected chi connectivity index (χ3v) is 4.37. The zero-order valence-electron chi connectivity index (χ0n) is 14.0. The average molecular weight is 319 g/mol. The molecule has 2 atom stereocenters. The number of methoxy groups -OCH3 is 1. The van der Waals surface area contributed by atoms with E-state index in [4.69, 9.17) is 10.5 Å². The summed E-state index contributed by atoms with van der Waals surface area (Å²) >= 11 is 0. The first-order chi connectivity index (χ1) is 10.9. The fraction of sp³-hybridized carbons (Fsp3) is 0.529. The third kappa shape index (κ3) is 4.01. The number of hydrogen-bond acceptors (Lipinski definition) is 4. The van der Waals surface area contributed by atoms with Crippen molar-refractivity contribution in [2.45, 2.75) is 19.9 Å². The van der Waals surface area contributed by atoms with E-state index >= 15 is 0 Å². The van der Waals surface area contributed by atoms with Gasteiger partial charge in [-0.05, 0) is 25.1 Å². The molecular formula is C17H25N3O3. The fourth-order valence-corrected chi connectivity index (χ4v) is 2.58. The molecule has 1 aromatic carbocycles. The van der Waals surface area contributed by atoms with Crippen molar-refractivity contribution in [2.24, 2.45) is 11.7 Å². The first-order valence-corrected chi connectivity index (χ1v) is 7.91. The SMILES string of the molecule is COc1cccc(C(=O)N2CCN(C(=O)C(C)C(C)N)CC2)c1. The Hall–Kier alpha value is -2.08. The van der Waals surface area contributed by atoms with Gasteiger partial charge in [-0.1, -0.05) is 13.0 Å². The number of piperazine rings is 1. The molecule has 23 heavy (non-hydrogen) atoms. The molecule has 1 aromatic rings. The maximum atomic E-state index is 12.5. The van der Waals surface area contributed by atoms with E-state index in [0.717, 1.165) is 0 Å². The van der Waals surface area contributed by atoms with Crippen molar-refractivity contribution in [3.8, 4) is 5.75 Å². The van der Waals surface area contributed by atoms with Crippen molar-refractivity contribution in [1.82, 2.24) is 9.80 Å².